The Balaban J connectivity index is 2.24. The van der Waals surface area contributed by atoms with Crippen LogP contribution < -0.4 is 0 Å². The lowest BCUT2D eigenvalue weighted by Crippen LogP contribution is -2.06. The van der Waals surface area contributed by atoms with E-state index >= 15 is 0 Å². The maximum atomic E-state index is 12.0. The summed E-state index contributed by atoms with van der Waals surface area (Å²) >= 11 is 6.27. The number of aromatic amines is 1. The zero-order valence-electron chi connectivity index (χ0n) is 11.6. The molecule has 3 rings (SSSR count). The average Bonchev–Trinajstić information content (AvgIpc) is 2.98. The molecule has 0 aliphatic carbocycles. The van der Waals surface area contributed by atoms with Crippen LogP contribution in [0.4, 0.5) is 0 Å². The number of nitrogens with one attached hydrogen (secondary N) is 1. The highest BCUT2D eigenvalue weighted by Crippen LogP contribution is 2.37. The second-order valence-corrected chi connectivity index (χ2v) is 4.87. The van der Waals surface area contributed by atoms with Crippen LogP contribution in [0.2, 0.25) is 5.15 Å². The number of esters is 1. The highest BCUT2D eigenvalue weighted by Gasteiger charge is 2.25. The van der Waals surface area contributed by atoms with E-state index in [-0.39, 0.29) is 12.3 Å². The summed E-state index contributed by atoms with van der Waals surface area (Å²) in [6.07, 6.45) is 0. The Morgan fingerprint density at radius 2 is 2.19 bits per heavy atom. The maximum Gasteiger partial charge on any atom is 0.361 e. The molecule has 0 amide bonds. The Morgan fingerprint density at radius 3 is 2.95 bits per heavy atom. The maximum absolute atomic E-state index is 12.0. The van der Waals surface area contributed by atoms with Gasteiger partial charge >= 0.3 is 5.97 Å². The lowest BCUT2D eigenvalue weighted by atomic mass is 10.1. The van der Waals surface area contributed by atoms with Gasteiger partial charge in [-0.05, 0) is 13.0 Å². The molecule has 0 unspecified atom stereocenters. The van der Waals surface area contributed by atoms with E-state index in [9.17, 15) is 4.79 Å². The number of nitrogens with zero attached hydrogens (tertiary/aromatic N) is 1. The van der Waals surface area contributed by atoms with Gasteiger partial charge in [-0.2, -0.15) is 0 Å². The smallest absolute Gasteiger partial charge is 0.361 e. The summed E-state index contributed by atoms with van der Waals surface area (Å²) in [7, 11) is 0. The summed E-state index contributed by atoms with van der Waals surface area (Å²) in [5, 5.41) is 1.27. The minimum atomic E-state index is -0.523. The molecule has 0 saturated heterocycles. The van der Waals surface area contributed by atoms with Gasteiger partial charge < -0.3 is 14.1 Å². The van der Waals surface area contributed by atoms with E-state index in [1.807, 2.05) is 24.3 Å². The van der Waals surface area contributed by atoms with E-state index in [1.54, 1.807) is 13.8 Å². The van der Waals surface area contributed by atoms with Gasteiger partial charge in [0.15, 0.2) is 17.3 Å². The first kappa shape index (κ1) is 13.7. The second kappa shape index (κ2) is 5.26. The Hall–Kier alpha value is -2.27. The van der Waals surface area contributed by atoms with Gasteiger partial charge in [-0.15, -0.1) is 0 Å². The topological polar surface area (TPSA) is 68.1 Å². The lowest BCUT2D eigenvalue weighted by molar-refractivity contribution is 0.0520. The number of carbonyl (C=O) groups excluding carboxylic acids is 1. The first-order valence-electron chi connectivity index (χ1n) is 6.53. The largest absolute Gasteiger partial charge is 0.461 e. The summed E-state index contributed by atoms with van der Waals surface area (Å²) in [5.74, 6) is 0.188. The van der Waals surface area contributed by atoms with Crippen LogP contribution in [0.1, 0.15) is 23.3 Å². The molecule has 0 spiro atoms. The number of carbonyl (C=O) groups is 1. The van der Waals surface area contributed by atoms with Crippen molar-refractivity contribution in [2.24, 2.45) is 0 Å². The van der Waals surface area contributed by atoms with Gasteiger partial charge in [-0.3, -0.25) is 0 Å². The van der Waals surface area contributed by atoms with Crippen LogP contribution in [-0.4, -0.2) is 22.5 Å². The molecule has 1 aromatic carbocycles. The van der Waals surface area contributed by atoms with E-state index in [0.717, 1.165) is 10.9 Å². The van der Waals surface area contributed by atoms with Crippen molar-refractivity contribution in [3.05, 3.63) is 41.0 Å². The van der Waals surface area contributed by atoms with Crippen LogP contribution in [0.3, 0.4) is 0 Å². The van der Waals surface area contributed by atoms with Crippen molar-refractivity contribution in [3.8, 4) is 11.3 Å². The summed E-state index contributed by atoms with van der Waals surface area (Å²) in [6.45, 7) is 3.68. The highest BCUT2D eigenvalue weighted by atomic mass is 35.5. The molecule has 0 saturated carbocycles. The summed E-state index contributed by atoms with van der Waals surface area (Å²) in [5.41, 5.74) is 1.62. The molecule has 6 heteroatoms. The van der Waals surface area contributed by atoms with Gasteiger partial charge in [0, 0.05) is 17.8 Å². The van der Waals surface area contributed by atoms with Crippen LogP contribution in [0.25, 0.3) is 22.2 Å². The zero-order chi connectivity index (χ0) is 15.0. The van der Waals surface area contributed by atoms with Crippen molar-refractivity contribution >= 4 is 28.5 Å². The Kier molecular flexibility index (Phi) is 3.43. The van der Waals surface area contributed by atoms with Crippen molar-refractivity contribution in [2.45, 2.75) is 13.8 Å². The standard InChI is InChI=1S/C15H13ClN2O3/c1-3-20-15(19)12-13(21-8(2)17-12)11-9-6-4-5-7-10(9)18-14(11)16/h4-7,18H,3H2,1-2H3. The summed E-state index contributed by atoms with van der Waals surface area (Å²) in [6, 6.07) is 7.60. The van der Waals surface area contributed by atoms with Crippen LogP contribution in [-0.2, 0) is 4.74 Å². The van der Waals surface area contributed by atoms with Gasteiger partial charge in [0.1, 0.15) is 5.15 Å². The Labute approximate surface area is 125 Å². The number of benzene rings is 1. The van der Waals surface area contributed by atoms with Crippen LogP contribution in [0.5, 0.6) is 0 Å². The first-order valence-corrected chi connectivity index (χ1v) is 6.90. The quantitative estimate of drug-likeness (QED) is 0.744. The molecule has 2 heterocycles. The van der Waals surface area contributed by atoms with Crippen molar-refractivity contribution < 1.29 is 13.9 Å². The number of halogens is 1. The number of H-pyrrole nitrogens is 1. The van der Waals surface area contributed by atoms with E-state index in [2.05, 4.69) is 9.97 Å². The number of aromatic nitrogens is 2. The number of para-hydroxylation sites is 1. The van der Waals surface area contributed by atoms with Gasteiger partial charge in [-0.25, -0.2) is 9.78 Å². The number of rotatable bonds is 3. The Morgan fingerprint density at radius 1 is 1.43 bits per heavy atom. The number of fused-ring (bicyclic) bond motifs is 1. The molecule has 0 radical (unpaired) electrons. The molecule has 21 heavy (non-hydrogen) atoms. The minimum absolute atomic E-state index is 0.140. The van der Waals surface area contributed by atoms with Gasteiger partial charge in [0.05, 0.1) is 12.2 Å². The molecule has 5 nitrogen and oxygen atoms in total. The normalized spacial score (nSPS) is 11.0. The van der Waals surface area contributed by atoms with Crippen molar-refractivity contribution in [1.29, 1.82) is 0 Å². The van der Waals surface area contributed by atoms with Crippen molar-refractivity contribution in [3.63, 3.8) is 0 Å². The number of ether oxygens (including phenoxy) is 1. The number of oxazole rings is 1. The molecule has 0 atom stereocenters. The predicted octanol–water partition coefficient (Wildman–Crippen LogP) is 3.96. The molecular weight excluding hydrogens is 292 g/mol. The predicted molar refractivity (Wildman–Crippen MR) is 79.5 cm³/mol. The van der Waals surface area contributed by atoms with Crippen LogP contribution in [0.15, 0.2) is 28.7 Å². The lowest BCUT2D eigenvalue weighted by Gasteiger charge is -2.01. The molecule has 108 valence electrons. The van der Waals surface area contributed by atoms with Crippen LogP contribution >= 0.6 is 11.6 Å². The number of aryl methyl sites for hydroxylation is 1. The fourth-order valence-corrected chi connectivity index (χ4v) is 2.55. The third kappa shape index (κ3) is 2.29. The van der Waals surface area contributed by atoms with Crippen molar-refractivity contribution in [1.82, 2.24) is 9.97 Å². The summed E-state index contributed by atoms with van der Waals surface area (Å²) < 4.78 is 10.6. The molecule has 0 aliphatic rings. The van der Waals surface area contributed by atoms with E-state index in [0.29, 0.717) is 22.4 Å². The van der Waals surface area contributed by atoms with E-state index < -0.39 is 5.97 Å². The molecule has 2 aromatic heterocycles. The Bertz CT molecular complexity index is 820. The fourth-order valence-electron chi connectivity index (χ4n) is 2.27. The zero-order valence-corrected chi connectivity index (χ0v) is 12.3. The molecule has 0 bridgehead atoms. The third-order valence-corrected chi connectivity index (χ3v) is 3.37. The fraction of sp³-hybridized carbons (Fsp3) is 0.200. The van der Waals surface area contributed by atoms with Crippen molar-refractivity contribution in [2.75, 3.05) is 6.61 Å². The van der Waals surface area contributed by atoms with Gasteiger partial charge in [0.2, 0.25) is 0 Å². The monoisotopic (exact) mass is 304 g/mol. The SMILES string of the molecule is CCOC(=O)c1nc(C)oc1-c1c(Cl)[nH]c2ccccc12. The van der Waals surface area contributed by atoms with Crippen LogP contribution in [0, 0.1) is 6.92 Å². The molecule has 0 fully saturated rings. The molecule has 0 aliphatic heterocycles. The third-order valence-electron chi connectivity index (χ3n) is 3.09. The summed E-state index contributed by atoms with van der Waals surface area (Å²) in [4.78, 5) is 19.2. The molecule has 1 N–H and O–H groups in total. The van der Waals surface area contributed by atoms with E-state index in [4.69, 9.17) is 20.8 Å². The van der Waals surface area contributed by atoms with Gasteiger partial charge in [-0.1, -0.05) is 29.8 Å². The average molecular weight is 305 g/mol. The number of hydrogen-bond donors (Lipinski definition) is 1. The minimum Gasteiger partial charge on any atom is -0.461 e. The van der Waals surface area contributed by atoms with E-state index in [1.165, 1.54) is 0 Å². The van der Waals surface area contributed by atoms with Gasteiger partial charge in [0.25, 0.3) is 0 Å². The highest BCUT2D eigenvalue weighted by molar-refractivity contribution is 6.34. The second-order valence-electron chi connectivity index (χ2n) is 4.49. The molecular formula is C15H13ClN2O3. The number of hydrogen-bond acceptors (Lipinski definition) is 4. The molecule has 3 aromatic rings. The first-order chi connectivity index (χ1) is 10.1.